The van der Waals surface area contributed by atoms with Crippen LogP contribution in [0.15, 0.2) is 70.1 Å². The summed E-state index contributed by atoms with van der Waals surface area (Å²) in [5, 5.41) is 4.11. The molecule has 0 atom stereocenters. The zero-order valence-electron chi connectivity index (χ0n) is 15.8. The highest BCUT2D eigenvalue weighted by atomic mass is 32.2. The summed E-state index contributed by atoms with van der Waals surface area (Å²) in [5.41, 5.74) is 1.85. The van der Waals surface area contributed by atoms with Gasteiger partial charge in [-0.3, -0.25) is 4.79 Å². The molecule has 2 aromatic carbocycles. The Balaban J connectivity index is 1.38. The van der Waals surface area contributed by atoms with Crippen LogP contribution < -0.4 is 0 Å². The standard InChI is InChI=1S/C22H23FN2O2S/c1-25(22(26)13-15-28-21-12-6-5-11-19(21)23)14-7-10-18-16-20(24-27-18)17-8-3-2-4-9-17/h2-6,8-9,11-12,16H,7,10,13-15H2,1H3. The monoisotopic (exact) mass is 398 g/mol. The summed E-state index contributed by atoms with van der Waals surface area (Å²) in [5.74, 6) is 1.20. The number of carbonyl (C=O) groups is 1. The normalized spacial score (nSPS) is 10.8. The van der Waals surface area contributed by atoms with Crippen molar-refractivity contribution in [3.8, 4) is 11.3 Å². The zero-order chi connectivity index (χ0) is 19.8. The number of hydrogen-bond donors (Lipinski definition) is 0. The molecule has 0 unspecified atom stereocenters. The van der Waals surface area contributed by atoms with E-state index in [-0.39, 0.29) is 11.7 Å². The van der Waals surface area contributed by atoms with E-state index < -0.39 is 0 Å². The molecule has 28 heavy (non-hydrogen) atoms. The zero-order valence-corrected chi connectivity index (χ0v) is 16.6. The average molecular weight is 399 g/mol. The van der Waals surface area contributed by atoms with Crippen molar-refractivity contribution in [1.82, 2.24) is 10.1 Å². The maximum atomic E-state index is 13.6. The third-order valence-corrected chi connectivity index (χ3v) is 5.43. The highest BCUT2D eigenvalue weighted by Crippen LogP contribution is 2.22. The SMILES string of the molecule is CN(CCCc1cc(-c2ccccc2)no1)C(=O)CCSc1ccccc1F. The van der Waals surface area contributed by atoms with Crippen LogP contribution in [0.5, 0.6) is 0 Å². The molecule has 3 aromatic rings. The van der Waals surface area contributed by atoms with Crippen LogP contribution in [0.3, 0.4) is 0 Å². The lowest BCUT2D eigenvalue weighted by molar-refractivity contribution is -0.129. The third-order valence-electron chi connectivity index (χ3n) is 4.38. The minimum absolute atomic E-state index is 0.0615. The molecule has 0 saturated heterocycles. The van der Waals surface area contributed by atoms with Crippen LogP contribution in [0.2, 0.25) is 0 Å². The number of halogens is 1. The van der Waals surface area contributed by atoms with Gasteiger partial charge >= 0.3 is 0 Å². The molecule has 146 valence electrons. The molecular formula is C22H23FN2O2S. The van der Waals surface area contributed by atoms with Gasteiger partial charge in [0.15, 0.2) is 0 Å². The number of rotatable bonds is 9. The number of amides is 1. The first-order valence-electron chi connectivity index (χ1n) is 9.26. The van der Waals surface area contributed by atoms with Crippen molar-refractivity contribution in [2.75, 3.05) is 19.3 Å². The second-order valence-electron chi connectivity index (χ2n) is 6.49. The van der Waals surface area contributed by atoms with Crippen molar-refractivity contribution in [3.05, 3.63) is 72.2 Å². The van der Waals surface area contributed by atoms with Gasteiger partial charge in [0.25, 0.3) is 0 Å². The van der Waals surface area contributed by atoms with Crippen LogP contribution in [0.4, 0.5) is 4.39 Å². The first-order chi connectivity index (χ1) is 13.6. The van der Waals surface area contributed by atoms with Crippen molar-refractivity contribution in [2.24, 2.45) is 0 Å². The highest BCUT2D eigenvalue weighted by Gasteiger charge is 2.11. The van der Waals surface area contributed by atoms with E-state index in [1.165, 1.54) is 17.8 Å². The Morgan fingerprint density at radius 1 is 1.14 bits per heavy atom. The maximum absolute atomic E-state index is 13.6. The maximum Gasteiger partial charge on any atom is 0.223 e. The van der Waals surface area contributed by atoms with E-state index in [1.54, 1.807) is 30.1 Å². The van der Waals surface area contributed by atoms with Crippen LogP contribution in [0, 0.1) is 5.82 Å². The molecule has 1 aromatic heterocycles. The lowest BCUT2D eigenvalue weighted by Gasteiger charge is -2.16. The van der Waals surface area contributed by atoms with E-state index in [9.17, 15) is 9.18 Å². The summed E-state index contributed by atoms with van der Waals surface area (Å²) in [4.78, 5) is 14.5. The van der Waals surface area contributed by atoms with Crippen LogP contribution in [-0.2, 0) is 11.2 Å². The number of carbonyl (C=O) groups excluding carboxylic acids is 1. The predicted octanol–water partition coefficient (Wildman–Crippen LogP) is 5.05. The molecular weight excluding hydrogens is 375 g/mol. The number of benzene rings is 2. The Bertz CT molecular complexity index is 898. The lowest BCUT2D eigenvalue weighted by Crippen LogP contribution is -2.28. The Kier molecular flexibility index (Phi) is 7.25. The van der Waals surface area contributed by atoms with Gasteiger partial charge < -0.3 is 9.42 Å². The predicted molar refractivity (Wildman–Crippen MR) is 110 cm³/mol. The van der Waals surface area contributed by atoms with Crippen molar-refractivity contribution in [1.29, 1.82) is 0 Å². The molecule has 0 aliphatic carbocycles. The van der Waals surface area contributed by atoms with E-state index in [1.807, 2.05) is 36.4 Å². The molecule has 0 aliphatic rings. The molecule has 0 radical (unpaired) electrons. The minimum atomic E-state index is -0.241. The molecule has 0 aliphatic heterocycles. The molecule has 0 spiro atoms. The van der Waals surface area contributed by atoms with Crippen LogP contribution in [0.1, 0.15) is 18.6 Å². The van der Waals surface area contributed by atoms with Crippen molar-refractivity contribution in [3.63, 3.8) is 0 Å². The summed E-state index contributed by atoms with van der Waals surface area (Å²) in [7, 11) is 1.80. The van der Waals surface area contributed by atoms with E-state index >= 15 is 0 Å². The molecule has 1 heterocycles. The van der Waals surface area contributed by atoms with Crippen LogP contribution in [-0.4, -0.2) is 35.3 Å². The van der Waals surface area contributed by atoms with E-state index in [0.717, 1.165) is 29.9 Å². The fourth-order valence-corrected chi connectivity index (χ4v) is 3.67. The number of hydrogen-bond acceptors (Lipinski definition) is 4. The van der Waals surface area contributed by atoms with Gasteiger partial charge in [0, 0.05) is 48.7 Å². The van der Waals surface area contributed by atoms with Crippen molar-refractivity contribution >= 4 is 17.7 Å². The Morgan fingerprint density at radius 2 is 1.89 bits per heavy atom. The Labute approximate surface area is 168 Å². The fourth-order valence-electron chi connectivity index (χ4n) is 2.79. The quantitative estimate of drug-likeness (QED) is 0.473. The number of thioether (sulfide) groups is 1. The summed E-state index contributed by atoms with van der Waals surface area (Å²) in [6, 6.07) is 18.5. The van der Waals surface area contributed by atoms with E-state index in [0.29, 0.717) is 23.6 Å². The number of nitrogens with zero attached hydrogens (tertiary/aromatic N) is 2. The molecule has 1 amide bonds. The first kappa shape index (κ1) is 20.1. The summed E-state index contributed by atoms with van der Waals surface area (Å²) < 4.78 is 19.0. The lowest BCUT2D eigenvalue weighted by atomic mass is 10.1. The van der Waals surface area contributed by atoms with Crippen LogP contribution in [0.25, 0.3) is 11.3 Å². The fraction of sp³-hybridized carbons (Fsp3) is 0.273. The van der Waals surface area contributed by atoms with Gasteiger partial charge in [0.05, 0.1) is 0 Å². The Morgan fingerprint density at radius 3 is 2.68 bits per heavy atom. The van der Waals surface area contributed by atoms with Crippen molar-refractivity contribution < 1.29 is 13.7 Å². The summed E-state index contributed by atoms with van der Waals surface area (Å²) in [6.07, 6.45) is 1.91. The number of aryl methyl sites for hydroxylation is 1. The van der Waals surface area contributed by atoms with Gasteiger partial charge in [-0.05, 0) is 18.6 Å². The van der Waals surface area contributed by atoms with E-state index in [2.05, 4.69) is 5.16 Å². The van der Waals surface area contributed by atoms with Gasteiger partial charge in [-0.25, -0.2) is 4.39 Å². The van der Waals surface area contributed by atoms with E-state index in [4.69, 9.17) is 4.52 Å². The molecule has 0 saturated carbocycles. The highest BCUT2D eigenvalue weighted by molar-refractivity contribution is 7.99. The average Bonchev–Trinajstić information content (AvgIpc) is 3.19. The largest absolute Gasteiger partial charge is 0.361 e. The molecule has 4 nitrogen and oxygen atoms in total. The molecule has 0 bridgehead atoms. The summed E-state index contributed by atoms with van der Waals surface area (Å²) >= 11 is 1.37. The van der Waals surface area contributed by atoms with Gasteiger partial charge in [-0.1, -0.05) is 47.6 Å². The van der Waals surface area contributed by atoms with Gasteiger partial charge in [0.2, 0.25) is 5.91 Å². The first-order valence-corrected chi connectivity index (χ1v) is 10.2. The molecule has 0 N–H and O–H groups in total. The minimum Gasteiger partial charge on any atom is -0.361 e. The smallest absolute Gasteiger partial charge is 0.223 e. The van der Waals surface area contributed by atoms with Crippen molar-refractivity contribution in [2.45, 2.75) is 24.2 Å². The summed E-state index contributed by atoms with van der Waals surface area (Å²) in [6.45, 7) is 0.643. The van der Waals surface area contributed by atoms with Gasteiger partial charge in [-0.2, -0.15) is 0 Å². The van der Waals surface area contributed by atoms with Crippen LogP contribution >= 0.6 is 11.8 Å². The van der Waals surface area contributed by atoms with Gasteiger partial charge in [-0.15, -0.1) is 11.8 Å². The molecule has 6 heteroatoms. The molecule has 0 fully saturated rings. The second-order valence-corrected chi connectivity index (χ2v) is 7.63. The topological polar surface area (TPSA) is 46.3 Å². The molecule has 3 rings (SSSR count). The van der Waals surface area contributed by atoms with Gasteiger partial charge in [0.1, 0.15) is 17.3 Å². The number of aromatic nitrogens is 1. The third kappa shape index (κ3) is 5.70. The Hall–Kier alpha value is -2.60. The second kappa shape index (κ2) is 10.1.